The number of morpholine rings is 1. The van der Waals surface area contributed by atoms with Crippen molar-refractivity contribution in [2.75, 3.05) is 50.9 Å². The van der Waals surface area contributed by atoms with Crippen molar-refractivity contribution in [3.8, 4) is 5.75 Å². The maximum Gasteiger partial charge on any atom is 0.266 e. The van der Waals surface area contributed by atoms with Crippen molar-refractivity contribution in [2.24, 2.45) is 0 Å². The van der Waals surface area contributed by atoms with Gasteiger partial charge >= 0.3 is 0 Å². The summed E-state index contributed by atoms with van der Waals surface area (Å²) >= 11 is 1.10. The number of hydrogen-bond acceptors (Lipinski definition) is 6. The Bertz CT molecular complexity index is 1090. The first-order chi connectivity index (χ1) is 15.5. The topological polar surface area (TPSA) is 54.9 Å². The highest BCUT2D eigenvalue weighted by Crippen LogP contribution is 2.31. The maximum absolute atomic E-state index is 14.2. The predicted molar refractivity (Wildman–Crippen MR) is 120 cm³/mol. The Kier molecular flexibility index (Phi) is 7.29. The molecule has 170 valence electrons. The number of nitrogens with zero attached hydrogens (tertiary/aromatic N) is 3. The number of thiazole rings is 1. The number of benzene rings is 2. The van der Waals surface area contributed by atoms with E-state index in [0.29, 0.717) is 41.8 Å². The smallest absolute Gasteiger partial charge is 0.266 e. The number of amides is 1. The lowest BCUT2D eigenvalue weighted by Gasteiger charge is -2.27. The summed E-state index contributed by atoms with van der Waals surface area (Å²) in [5.41, 5.74) is 1.10. The molecule has 0 atom stereocenters. The minimum absolute atomic E-state index is 0.0666. The third kappa shape index (κ3) is 5.59. The number of carbonyl (C=O) groups excluding carboxylic acids is 1. The predicted octanol–water partition coefficient (Wildman–Crippen LogP) is 4.02. The van der Waals surface area contributed by atoms with Gasteiger partial charge < -0.3 is 9.47 Å². The van der Waals surface area contributed by atoms with Crippen LogP contribution in [0.2, 0.25) is 0 Å². The molecule has 0 saturated carbocycles. The van der Waals surface area contributed by atoms with Crippen molar-refractivity contribution >= 4 is 32.6 Å². The number of ether oxygens (including phenoxy) is 2. The Morgan fingerprint density at radius 2 is 2.06 bits per heavy atom. The van der Waals surface area contributed by atoms with E-state index in [1.807, 2.05) is 25.1 Å². The average Bonchev–Trinajstić information content (AvgIpc) is 3.20. The molecule has 0 spiro atoms. The quantitative estimate of drug-likeness (QED) is 0.507. The molecule has 9 heteroatoms. The Hall–Kier alpha value is -2.62. The van der Waals surface area contributed by atoms with E-state index in [-0.39, 0.29) is 18.0 Å². The molecule has 6 nitrogen and oxygen atoms in total. The van der Waals surface area contributed by atoms with Crippen LogP contribution < -0.4 is 9.64 Å². The number of halogens is 2. The largest absolute Gasteiger partial charge is 0.484 e. The van der Waals surface area contributed by atoms with Crippen LogP contribution in [-0.4, -0.2) is 61.8 Å². The molecule has 0 aliphatic carbocycles. The summed E-state index contributed by atoms with van der Waals surface area (Å²) in [4.78, 5) is 21.2. The van der Waals surface area contributed by atoms with E-state index in [4.69, 9.17) is 9.47 Å². The molecular weight excluding hydrogens is 436 g/mol. The van der Waals surface area contributed by atoms with Crippen LogP contribution in [0.25, 0.3) is 10.2 Å². The molecule has 0 N–H and O–H groups in total. The van der Waals surface area contributed by atoms with Crippen molar-refractivity contribution in [3.05, 3.63) is 53.6 Å². The van der Waals surface area contributed by atoms with Gasteiger partial charge in [0.1, 0.15) is 17.1 Å². The van der Waals surface area contributed by atoms with Gasteiger partial charge in [0.05, 0.1) is 17.9 Å². The molecule has 0 bridgehead atoms. The molecule has 2 aromatic carbocycles. The number of fused-ring (bicyclic) bond motifs is 1. The van der Waals surface area contributed by atoms with Crippen LogP contribution >= 0.6 is 11.3 Å². The normalized spacial score (nSPS) is 14.6. The van der Waals surface area contributed by atoms with Gasteiger partial charge in [0.2, 0.25) is 0 Å². The number of aryl methyl sites for hydroxylation is 1. The summed E-state index contributed by atoms with van der Waals surface area (Å²) in [7, 11) is 0. The van der Waals surface area contributed by atoms with Crippen molar-refractivity contribution in [2.45, 2.75) is 13.3 Å². The molecular formula is C23H25F2N3O3S. The van der Waals surface area contributed by atoms with E-state index in [1.54, 1.807) is 6.07 Å². The Morgan fingerprint density at radius 1 is 1.25 bits per heavy atom. The van der Waals surface area contributed by atoms with Gasteiger partial charge in [-0.3, -0.25) is 14.6 Å². The second kappa shape index (κ2) is 10.3. The van der Waals surface area contributed by atoms with Crippen molar-refractivity contribution in [1.82, 2.24) is 9.88 Å². The van der Waals surface area contributed by atoms with Crippen LogP contribution in [0.1, 0.15) is 12.0 Å². The molecule has 1 fully saturated rings. The maximum atomic E-state index is 14.2. The summed E-state index contributed by atoms with van der Waals surface area (Å²) in [5.74, 6) is -1.09. The molecule has 3 aromatic rings. The van der Waals surface area contributed by atoms with Crippen LogP contribution in [0.4, 0.5) is 13.9 Å². The van der Waals surface area contributed by atoms with Crippen LogP contribution in [0.3, 0.4) is 0 Å². The van der Waals surface area contributed by atoms with Crippen LogP contribution in [0.15, 0.2) is 36.4 Å². The highest BCUT2D eigenvalue weighted by Gasteiger charge is 2.22. The third-order valence-electron chi connectivity index (χ3n) is 5.25. The number of carbonyl (C=O) groups is 1. The third-order valence-corrected chi connectivity index (χ3v) is 6.27. The minimum atomic E-state index is -0.737. The van der Waals surface area contributed by atoms with Gasteiger partial charge in [-0.25, -0.2) is 13.8 Å². The SMILES string of the molecule is Cc1cccc(OCC(=O)N(CCCN2CCOCC2)c2nc3c(F)cc(F)cc3s2)c1. The van der Waals surface area contributed by atoms with E-state index >= 15 is 0 Å². The second-order valence-electron chi connectivity index (χ2n) is 7.69. The molecule has 32 heavy (non-hydrogen) atoms. The van der Waals surface area contributed by atoms with Gasteiger partial charge in [-0.1, -0.05) is 23.5 Å². The average molecular weight is 462 g/mol. The van der Waals surface area contributed by atoms with Gasteiger partial charge in [0, 0.05) is 32.2 Å². The molecule has 1 amide bonds. The van der Waals surface area contributed by atoms with Crippen molar-refractivity contribution in [3.63, 3.8) is 0 Å². The summed E-state index contributed by atoms with van der Waals surface area (Å²) < 4.78 is 39.3. The summed E-state index contributed by atoms with van der Waals surface area (Å²) in [6.45, 7) is 6.10. The van der Waals surface area contributed by atoms with E-state index in [2.05, 4.69) is 9.88 Å². The molecule has 2 heterocycles. The van der Waals surface area contributed by atoms with Crippen molar-refractivity contribution < 1.29 is 23.0 Å². The first-order valence-electron chi connectivity index (χ1n) is 10.5. The van der Waals surface area contributed by atoms with E-state index < -0.39 is 11.6 Å². The van der Waals surface area contributed by atoms with E-state index in [9.17, 15) is 13.6 Å². The first kappa shape index (κ1) is 22.6. The molecule has 1 aliphatic rings. The molecule has 0 radical (unpaired) electrons. The number of aromatic nitrogens is 1. The molecule has 0 unspecified atom stereocenters. The lowest BCUT2D eigenvalue weighted by molar-refractivity contribution is -0.120. The summed E-state index contributed by atoms with van der Waals surface area (Å²) in [5, 5.41) is 0.337. The zero-order chi connectivity index (χ0) is 22.5. The standard InChI is InChI=1S/C23H25F2N3O3S/c1-16-4-2-5-18(12-16)31-15-21(29)28(7-3-6-27-8-10-30-11-9-27)23-26-22-19(25)13-17(24)14-20(22)32-23/h2,4-5,12-14H,3,6-11,15H2,1H3. The van der Waals surface area contributed by atoms with Gasteiger partial charge in [0.25, 0.3) is 5.91 Å². The Balaban J connectivity index is 1.50. The van der Waals surface area contributed by atoms with Crippen molar-refractivity contribution in [1.29, 1.82) is 0 Å². The van der Waals surface area contributed by atoms with E-state index in [0.717, 1.165) is 42.6 Å². The summed E-state index contributed by atoms with van der Waals surface area (Å²) in [6.07, 6.45) is 0.711. The Labute approximate surface area is 189 Å². The summed E-state index contributed by atoms with van der Waals surface area (Å²) in [6, 6.07) is 9.49. The van der Waals surface area contributed by atoms with Crippen LogP contribution in [0.5, 0.6) is 5.75 Å². The fourth-order valence-electron chi connectivity index (χ4n) is 3.59. The molecule has 1 aromatic heterocycles. The van der Waals surface area contributed by atoms with Gasteiger partial charge in [-0.2, -0.15) is 0 Å². The molecule has 1 aliphatic heterocycles. The Morgan fingerprint density at radius 3 is 2.84 bits per heavy atom. The number of hydrogen-bond donors (Lipinski definition) is 0. The molecule has 4 rings (SSSR count). The van der Waals surface area contributed by atoms with Gasteiger partial charge in [0.15, 0.2) is 17.6 Å². The van der Waals surface area contributed by atoms with E-state index in [1.165, 1.54) is 11.0 Å². The van der Waals surface area contributed by atoms with Crippen LogP contribution in [0, 0.1) is 18.6 Å². The zero-order valence-corrected chi connectivity index (χ0v) is 18.7. The zero-order valence-electron chi connectivity index (χ0n) is 17.9. The number of anilines is 1. The number of rotatable bonds is 8. The lowest BCUT2D eigenvalue weighted by atomic mass is 10.2. The van der Waals surface area contributed by atoms with Crippen LogP contribution in [-0.2, 0) is 9.53 Å². The highest BCUT2D eigenvalue weighted by atomic mass is 32.1. The second-order valence-corrected chi connectivity index (χ2v) is 8.70. The first-order valence-corrected chi connectivity index (χ1v) is 11.4. The minimum Gasteiger partial charge on any atom is -0.484 e. The highest BCUT2D eigenvalue weighted by molar-refractivity contribution is 7.22. The molecule has 1 saturated heterocycles. The van der Waals surface area contributed by atoms with Gasteiger partial charge in [-0.05, 0) is 37.1 Å². The monoisotopic (exact) mass is 461 g/mol. The fourth-order valence-corrected chi connectivity index (χ4v) is 4.64. The lowest BCUT2D eigenvalue weighted by Crippen LogP contribution is -2.40. The fraction of sp³-hybridized carbons (Fsp3) is 0.391. The van der Waals surface area contributed by atoms with Gasteiger partial charge in [-0.15, -0.1) is 0 Å².